The molecular formula is C16H17ClN4OS. The predicted octanol–water partition coefficient (Wildman–Crippen LogP) is 3.16. The zero-order valence-corrected chi connectivity index (χ0v) is 14.1. The highest BCUT2D eigenvalue weighted by Crippen LogP contribution is 2.25. The number of thioether (sulfide) groups is 1. The smallest absolute Gasteiger partial charge is 0.230 e. The number of nitrogens with zero attached hydrogens (tertiary/aromatic N) is 3. The molecule has 0 saturated heterocycles. The Morgan fingerprint density at radius 1 is 1.39 bits per heavy atom. The lowest BCUT2D eigenvalue weighted by Crippen LogP contribution is -2.27. The normalized spacial score (nSPS) is 13.8. The molecule has 0 atom stereocenters. The Hall–Kier alpha value is -1.79. The van der Waals surface area contributed by atoms with Crippen molar-refractivity contribution in [1.82, 2.24) is 20.1 Å². The molecule has 3 rings (SSSR count). The number of benzene rings is 1. The van der Waals surface area contributed by atoms with Crippen molar-refractivity contribution in [3.05, 3.63) is 41.9 Å². The lowest BCUT2D eigenvalue weighted by atomic mass is 10.2. The van der Waals surface area contributed by atoms with Crippen molar-refractivity contribution in [1.29, 1.82) is 0 Å². The van der Waals surface area contributed by atoms with Gasteiger partial charge in [0.2, 0.25) is 5.91 Å². The van der Waals surface area contributed by atoms with Gasteiger partial charge in [-0.05, 0) is 37.1 Å². The van der Waals surface area contributed by atoms with Gasteiger partial charge in [-0.3, -0.25) is 9.36 Å². The standard InChI is InChI=1S/C16H17ClN4OS/c1-2-9-21-15(11-3-5-12(17)6-4-11)19-20-16(21)23-10-14(22)18-13-7-8-13/h2-6,13H,1,7-10H2,(H,18,22). The maximum absolute atomic E-state index is 11.8. The fourth-order valence-electron chi connectivity index (χ4n) is 2.13. The van der Waals surface area contributed by atoms with Gasteiger partial charge in [0.05, 0.1) is 5.75 Å². The number of hydrogen-bond donors (Lipinski definition) is 1. The quantitative estimate of drug-likeness (QED) is 0.616. The number of rotatable bonds is 7. The van der Waals surface area contributed by atoms with E-state index in [0.29, 0.717) is 28.5 Å². The summed E-state index contributed by atoms with van der Waals surface area (Å²) in [6.07, 6.45) is 3.96. The van der Waals surface area contributed by atoms with Crippen LogP contribution >= 0.6 is 23.4 Å². The number of allylic oxidation sites excluding steroid dienone is 1. The molecule has 1 amide bonds. The summed E-state index contributed by atoms with van der Waals surface area (Å²) in [5.74, 6) is 1.12. The van der Waals surface area contributed by atoms with E-state index in [4.69, 9.17) is 11.6 Å². The van der Waals surface area contributed by atoms with Crippen LogP contribution in [0.25, 0.3) is 11.4 Å². The van der Waals surface area contributed by atoms with Crippen molar-refractivity contribution in [3.8, 4) is 11.4 Å². The van der Waals surface area contributed by atoms with Gasteiger partial charge in [-0.25, -0.2) is 0 Å². The van der Waals surface area contributed by atoms with Crippen LogP contribution in [0.1, 0.15) is 12.8 Å². The molecule has 1 aromatic heterocycles. The highest BCUT2D eigenvalue weighted by molar-refractivity contribution is 7.99. The van der Waals surface area contributed by atoms with Gasteiger partial charge in [0, 0.05) is 23.2 Å². The lowest BCUT2D eigenvalue weighted by molar-refractivity contribution is -0.118. The first-order valence-electron chi connectivity index (χ1n) is 7.39. The molecule has 0 spiro atoms. The summed E-state index contributed by atoms with van der Waals surface area (Å²) in [4.78, 5) is 11.8. The molecule has 120 valence electrons. The van der Waals surface area contributed by atoms with Crippen LogP contribution in [0.2, 0.25) is 5.02 Å². The minimum absolute atomic E-state index is 0.0405. The van der Waals surface area contributed by atoms with Crippen LogP contribution in [-0.2, 0) is 11.3 Å². The molecule has 0 unspecified atom stereocenters. The van der Waals surface area contributed by atoms with Crippen LogP contribution in [0.3, 0.4) is 0 Å². The molecule has 1 saturated carbocycles. The summed E-state index contributed by atoms with van der Waals surface area (Å²) in [5, 5.41) is 12.8. The minimum atomic E-state index is 0.0405. The van der Waals surface area contributed by atoms with Crippen molar-refractivity contribution < 1.29 is 4.79 Å². The summed E-state index contributed by atoms with van der Waals surface area (Å²) >= 11 is 7.32. The van der Waals surface area contributed by atoms with Crippen LogP contribution in [0, 0.1) is 0 Å². The fourth-order valence-corrected chi connectivity index (χ4v) is 3.01. The van der Waals surface area contributed by atoms with Gasteiger partial charge in [0.1, 0.15) is 0 Å². The van der Waals surface area contributed by atoms with E-state index in [1.165, 1.54) is 11.8 Å². The number of amides is 1. The van der Waals surface area contributed by atoms with Crippen LogP contribution in [0.4, 0.5) is 0 Å². The highest BCUT2D eigenvalue weighted by atomic mass is 35.5. The Kier molecular flexibility index (Phi) is 5.03. The van der Waals surface area contributed by atoms with Crippen LogP contribution < -0.4 is 5.32 Å². The monoisotopic (exact) mass is 348 g/mol. The van der Waals surface area contributed by atoms with Gasteiger partial charge in [0.15, 0.2) is 11.0 Å². The van der Waals surface area contributed by atoms with Crippen LogP contribution in [-0.4, -0.2) is 32.5 Å². The second-order valence-corrected chi connectivity index (χ2v) is 6.72. The van der Waals surface area contributed by atoms with Gasteiger partial charge in [-0.1, -0.05) is 29.4 Å². The molecule has 2 aromatic rings. The van der Waals surface area contributed by atoms with E-state index in [-0.39, 0.29) is 5.91 Å². The Balaban J connectivity index is 1.75. The number of nitrogens with one attached hydrogen (secondary N) is 1. The van der Waals surface area contributed by atoms with E-state index in [1.54, 1.807) is 6.08 Å². The van der Waals surface area contributed by atoms with Crippen molar-refractivity contribution >= 4 is 29.3 Å². The maximum Gasteiger partial charge on any atom is 0.230 e. The van der Waals surface area contributed by atoms with Gasteiger partial charge in [0.25, 0.3) is 0 Å². The van der Waals surface area contributed by atoms with Crippen molar-refractivity contribution in [2.75, 3.05) is 5.75 Å². The Labute approximate surface area is 144 Å². The number of carbonyl (C=O) groups is 1. The zero-order valence-electron chi connectivity index (χ0n) is 12.5. The molecule has 0 aliphatic heterocycles. The predicted molar refractivity (Wildman–Crippen MR) is 92.6 cm³/mol. The van der Waals surface area contributed by atoms with Gasteiger partial charge >= 0.3 is 0 Å². The molecule has 23 heavy (non-hydrogen) atoms. The molecule has 0 bridgehead atoms. The van der Waals surface area contributed by atoms with E-state index in [1.807, 2.05) is 28.8 Å². The molecule has 1 aliphatic carbocycles. The Morgan fingerprint density at radius 3 is 2.78 bits per heavy atom. The Morgan fingerprint density at radius 2 is 2.13 bits per heavy atom. The molecule has 1 N–H and O–H groups in total. The first kappa shape index (κ1) is 16.1. The third kappa shape index (κ3) is 4.14. The average molecular weight is 349 g/mol. The van der Waals surface area contributed by atoms with E-state index in [0.717, 1.165) is 24.2 Å². The lowest BCUT2D eigenvalue weighted by Gasteiger charge is -2.08. The molecule has 1 aromatic carbocycles. The first-order chi connectivity index (χ1) is 11.2. The maximum atomic E-state index is 11.8. The molecule has 0 radical (unpaired) electrons. The van der Waals surface area contributed by atoms with E-state index < -0.39 is 0 Å². The SMILES string of the molecule is C=CCn1c(SCC(=O)NC2CC2)nnc1-c1ccc(Cl)cc1. The second kappa shape index (κ2) is 7.19. The first-order valence-corrected chi connectivity index (χ1v) is 8.76. The largest absolute Gasteiger partial charge is 0.353 e. The molecular weight excluding hydrogens is 332 g/mol. The van der Waals surface area contributed by atoms with E-state index in [2.05, 4.69) is 22.1 Å². The van der Waals surface area contributed by atoms with Crippen LogP contribution in [0.15, 0.2) is 42.1 Å². The summed E-state index contributed by atoms with van der Waals surface area (Å²) in [7, 11) is 0. The van der Waals surface area contributed by atoms with Crippen molar-refractivity contribution in [2.45, 2.75) is 30.6 Å². The molecule has 1 fully saturated rings. The molecule has 1 heterocycles. The summed E-state index contributed by atoms with van der Waals surface area (Å²) < 4.78 is 1.95. The third-order valence-corrected chi connectivity index (χ3v) is 4.62. The summed E-state index contributed by atoms with van der Waals surface area (Å²) in [5.41, 5.74) is 0.929. The van der Waals surface area contributed by atoms with Crippen LogP contribution in [0.5, 0.6) is 0 Å². The summed E-state index contributed by atoms with van der Waals surface area (Å²) in [6, 6.07) is 7.82. The molecule has 5 nitrogen and oxygen atoms in total. The number of carbonyl (C=O) groups excluding carboxylic acids is 1. The van der Waals surface area contributed by atoms with Gasteiger partial charge in [-0.15, -0.1) is 16.8 Å². The Bertz CT molecular complexity index is 709. The molecule has 7 heteroatoms. The number of halogens is 1. The van der Waals surface area contributed by atoms with Gasteiger partial charge < -0.3 is 5.32 Å². The fraction of sp³-hybridized carbons (Fsp3) is 0.312. The van der Waals surface area contributed by atoms with E-state index >= 15 is 0 Å². The number of aromatic nitrogens is 3. The summed E-state index contributed by atoms with van der Waals surface area (Å²) in [6.45, 7) is 4.36. The zero-order chi connectivity index (χ0) is 16.2. The second-order valence-electron chi connectivity index (χ2n) is 5.34. The average Bonchev–Trinajstić information content (AvgIpc) is 3.26. The molecule has 1 aliphatic rings. The highest BCUT2D eigenvalue weighted by Gasteiger charge is 2.23. The third-order valence-electron chi connectivity index (χ3n) is 3.41. The van der Waals surface area contributed by atoms with Crippen molar-refractivity contribution in [2.24, 2.45) is 0 Å². The minimum Gasteiger partial charge on any atom is -0.353 e. The van der Waals surface area contributed by atoms with Gasteiger partial charge in [-0.2, -0.15) is 0 Å². The van der Waals surface area contributed by atoms with E-state index in [9.17, 15) is 4.79 Å². The topological polar surface area (TPSA) is 59.8 Å². The number of hydrogen-bond acceptors (Lipinski definition) is 4. The van der Waals surface area contributed by atoms with Crippen molar-refractivity contribution in [3.63, 3.8) is 0 Å².